The number of halogens is 1. The van der Waals surface area contributed by atoms with Crippen molar-refractivity contribution >= 4 is 28.4 Å². The Labute approximate surface area is 86.1 Å². The van der Waals surface area contributed by atoms with Gasteiger partial charge in [-0.1, -0.05) is 18.2 Å². The second-order valence-electron chi connectivity index (χ2n) is 3.19. The molecular weight excluding hydrogens is 202 g/mol. The number of hydrogen-bond donors (Lipinski definition) is 1. The number of rotatable bonds is 2. The first-order valence-electron chi connectivity index (χ1n) is 4.26. The van der Waals surface area contributed by atoms with Crippen LogP contribution >= 0.6 is 11.6 Å². The summed E-state index contributed by atoms with van der Waals surface area (Å²) in [6.45, 7) is 0. The second-order valence-corrected chi connectivity index (χ2v) is 3.61. The Hall–Kier alpha value is -1.35. The summed E-state index contributed by atoms with van der Waals surface area (Å²) < 4.78 is 0. The van der Waals surface area contributed by atoms with E-state index in [1.54, 1.807) is 0 Å². The van der Waals surface area contributed by atoms with Crippen molar-refractivity contribution in [2.45, 2.75) is 12.3 Å². The number of carbonyl (C=O) groups is 2. The van der Waals surface area contributed by atoms with Crippen molar-refractivity contribution in [2.75, 3.05) is 5.32 Å². The first-order valence-corrected chi connectivity index (χ1v) is 4.64. The number of fused-ring (bicyclic) bond motifs is 1. The topological polar surface area (TPSA) is 46.2 Å². The Bertz CT molecular complexity index is 403. The van der Waals surface area contributed by atoms with E-state index >= 15 is 0 Å². The van der Waals surface area contributed by atoms with Crippen molar-refractivity contribution in [1.29, 1.82) is 0 Å². The Morgan fingerprint density at radius 1 is 1.43 bits per heavy atom. The van der Waals surface area contributed by atoms with Gasteiger partial charge < -0.3 is 5.32 Å². The standard InChI is InChI=1S/C10H8ClNO2/c11-9(13)5-7-6-3-1-2-4-8(6)12-10(7)14/h1-4,7H,5H2,(H,12,14). The SMILES string of the molecule is O=C(Cl)CC1C(=O)Nc2ccccc21. The van der Waals surface area contributed by atoms with Gasteiger partial charge in [0.15, 0.2) is 0 Å². The molecule has 0 fully saturated rings. The van der Waals surface area contributed by atoms with Crippen LogP contribution in [0.25, 0.3) is 0 Å². The van der Waals surface area contributed by atoms with Crippen LogP contribution in [-0.4, -0.2) is 11.1 Å². The molecule has 0 spiro atoms. The molecule has 3 nitrogen and oxygen atoms in total. The van der Waals surface area contributed by atoms with E-state index in [1.807, 2.05) is 24.3 Å². The predicted molar refractivity (Wildman–Crippen MR) is 53.3 cm³/mol. The first-order chi connectivity index (χ1) is 6.68. The normalized spacial score (nSPS) is 18.9. The van der Waals surface area contributed by atoms with Crippen molar-refractivity contribution in [3.8, 4) is 0 Å². The molecule has 1 unspecified atom stereocenters. The maximum atomic E-state index is 11.4. The summed E-state index contributed by atoms with van der Waals surface area (Å²) in [7, 11) is 0. The van der Waals surface area contributed by atoms with Crippen molar-refractivity contribution in [1.82, 2.24) is 0 Å². The third-order valence-corrected chi connectivity index (χ3v) is 2.43. The van der Waals surface area contributed by atoms with Crippen molar-refractivity contribution in [2.24, 2.45) is 0 Å². The number of hydrogen-bond acceptors (Lipinski definition) is 2. The third-order valence-electron chi connectivity index (χ3n) is 2.28. The van der Waals surface area contributed by atoms with Gasteiger partial charge >= 0.3 is 0 Å². The van der Waals surface area contributed by atoms with E-state index in [2.05, 4.69) is 5.32 Å². The van der Waals surface area contributed by atoms with E-state index < -0.39 is 11.2 Å². The average molecular weight is 210 g/mol. The highest BCUT2D eigenvalue weighted by Crippen LogP contribution is 2.34. The first kappa shape index (κ1) is 9.21. The molecule has 1 atom stereocenters. The molecule has 0 aromatic heterocycles. The quantitative estimate of drug-likeness (QED) is 0.756. The molecule has 0 saturated heterocycles. The molecule has 1 amide bonds. The smallest absolute Gasteiger partial charge is 0.232 e. The van der Waals surface area contributed by atoms with Gasteiger partial charge in [0.1, 0.15) is 0 Å². The minimum atomic E-state index is -0.484. The Morgan fingerprint density at radius 3 is 2.86 bits per heavy atom. The van der Waals surface area contributed by atoms with Gasteiger partial charge in [0, 0.05) is 12.1 Å². The van der Waals surface area contributed by atoms with Crippen LogP contribution < -0.4 is 5.32 Å². The summed E-state index contributed by atoms with van der Waals surface area (Å²) >= 11 is 5.27. The Morgan fingerprint density at radius 2 is 2.14 bits per heavy atom. The van der Waals surface area contributed by atoms with Crippen LogP contribution in [0.5, 0.6) is 0 Å². The average Bonchev–Trinajstić information content (AvgIpc) is 2.43. The molecule has 0 radical (unpaired) electrons. The lowest BCUT2D eigenvalue weighted by atomic mass is 9.98. The molecular formula is C10H8ClNO2. The molecule has 1 aliphatic heterocycles. The highest BCUT2D eigenvalue weighted by molar-refractivity contribution is 6.63. The predicted octanol–water partition coefficient (Wildman–Crippen LogP) is 1.88. The van der Waals surface area contributed by atoms with Crippen molar-refractivity contribution in [3.63, 3.8) is 0 Å². The van der Waals surface area contributed by atoms with Crippen LogP contribution in [0.15, 0.2) is 24.3 Å². The van der Waals surface area contributed by atoms with Crippen LogP contribution in [0.1, 0.15) is 17.9 Å². The summed E-state index contributed by atoms with van der Waals surface area (Å²) in [4.78, 5) is 22.2. The number of anilines is 1. The molecule has 0 bridgehead atoms. The monoisotopic (exact) mass is 209 g/mol. The van der Waals surface area contributed by atoms with E-state index in [4.69, 9.17) is 11.6 Å². The molecule has 4 heteroatoms. The van der Waals surface area contributed by atoms with Gasteiger partial charge in [-0.15, -0.1) is 0 Å². The minimum absolute atomic E-state index is 0.0599. The summed E-state index contributed by atoms with van der Waals surface area (Å²) in [6, 6.07) is 7.32. The van der Waals surface area contributed by atoms with E-state index in [-0.39, 0.29) is 12.3 Å². The van der Waals surface area contributed by atoms with Crippen LogP contribution in [0.4, 0.5) is 5.69 Å². The van der Waals surface area contributed by atoms with Gasteiger partial charge in [0.05, 0.1) is 5.92 Å². The molecule has 1 heterocycles. The maximum absolute atomic E-state index is 11.4. The fraction of sp³-hybridized carbons (Fsp3) is 0.200. The van der Waals surface area contributed by atoms with Gasteiger partial charge in [-0.2, -0.15) is 0 Å². The second kappa shape index (κ2) is 3.42. The molecule has 1 aliphatic rings. The van der Waals surface area contributed by atoms with Crippen molar-refractivity contribution < 1.29 is 9.59 Å². The fourth-order valence-electron chi connectivity index (χ4n) is 1.64. The molecule has 14 heavy (non-hydrogen) atoms. The molecule has 72 valence electrons. The number of carbonyl (C=O) groups excluding carboxylic acids is 2. The van der Waals surface area contributed by atoms with Crippen LogP contribution in [0.2, 0.25) is 0 Å². The summed E-state index contributed by atoms with van der Waals surface area (Å²) in [5.41, 5.74) is 1.63. The molecule has 2 rings (SSSR count). The third kappa shape index (κ3) is 1.51. The fourth-order valence-corrected chi connectivity index (χ4v) is 1.79. The van der Waals surface area contributed by atoms with Gasteiger partial charge in [0.2, 0.25) is 11.1 Å². The van der Waals surface area contributed by atoms with E-state index in [1.165, 1.54) is 0 Å². The lowest BCUT2D eigenvalue weighted by molar-refractivity contribution is -0.120. The largest absolute Gasteiger partial charge is 0.325 e. The summed E-state index contributed by atoms with van der Waals surface area (Å²) in [5.74, 6) is -0.573. The Kier molecular flexibility index (Phi) is 2.25. The highest BCUT2D eigenvalue weighted by atomic mass is 35.5. The van der Waals surface area contributed by atoms with Crippen LogP contribution in [0.3, 0.4) is 0 Å². The van der Waals surface area contributed by atoms with E-state index in [0.717, 1.165) is 11.3 Å². The molecule has 1 aromatic carbocycles. The number of nitrogens with one attached hydrogen (secondary N) is 1. The maximum Gasteiger partial charge on any atom is 0.232 e. The van der Waals surface area contributed by atoms with E-state index in [9.17, 15) is 9.59 Å². The molecule has 1 N–H and O–H groups in total. The number of para-hydroxylation sites is 1. The van der Waals surface area contributed by atoms with Gasteiger partial charge in [-0.3, -0.25) is 9.59 Å². The zero-order valence-electron chi connectivity index (χ0n) is 7.29. The lowest BCUT2D eigenvalue weighted by Crippen LogP contribution is -2.13. The number of benzene rings is 1. The molecule has 0 aliphatic carbocycles. The van der Waals surface area contributed by atoms with E-state index in [0.29, 0.717) is 0 Å². The summed E-state index contributed by atoms with van der Waals surface area (Å²) in [6.07, 6.45) is 0.0599. The van der Waals surface area contributed by atoms with Crippen LogP contribution in [-0.2, 0) is 9.59 Å². The number of amides is 1. The van der Waals surface area contributed by atoms with Crippen molar-refractivity contribution in [3.05, 3.63) is 29.8 Å². The zero-order valence-corrected chi connectivity index (χ0v) is 8.04. The van der Waals surface area contributed by atoms with Crippen LogP contribution in [0, 0.1) is 0 Å². The highest BCUT2D eigenvalue weighted by Gasteiger charge is 2.31. The van der Waals surface area contributed by atoms with Gasteiger partial charge in [-0.05, 0) is 23.2 Å². The Balaban J connectivity index is 2.34. The molecule has 1 aromatic rings. The molecule has 0 saturated carbocycles. The van der Waals surface area contributed by atoms with Gasteiger partial charge in [-0.25, -0.2) is 0 Å². The minimum Gasteiger partial charge on any atom is -0.325 e. The lowest BCUT2D eigenvalue weighted by Gasteiger charge is -2.03. The zero-order chi connectivity index (χ0) is 10.1. The van der Waals surface area contributed by atoms with Gasteiger partial charge in [0.25, 0.3) is 0 Å². The summed E-state index contributed by atoms with van der Waals surface area (Å²) in [5, 5.41) is 2.22.